The number of likely N-dealkylation sites (N-methyl/N-ethyl adjacent to an activating group) is 1. The van der Waals surface area contributed by atoms with Gasteiger partial charge in [-0.3, -0.25) is 4.90 Å². The van der Waals surface area contributed by atoms with E-state index in [0.29, 0.717) is 0 Å². The van der Waals surface area contributed by atoms with E-state index >= 15 is 0 Å². The maximum absolute atomic E-state index is 3.70. The highest BCUT2D eigenvalue weighted by atomic mass is 15.2. The second-order valence-electron chi connectivity index (χ2n) is 5.91. The Hall–Kier alpha value is -0.120. The van der Waals surface area contributed by atoms with Crippen LogP contribution >= 0.6 is 0 Å². The van der Waals surface area contributed by atoms with Gasteiger partial charge in [-0.15, -0.1) is 0 Å². The largest absolute Gasteiger partial charge is 0.312 e. The summed E-state index contributed by atoms with van der Waals surface area (Å²) in [6.45, 7) is 9.42. The Bertz CT molecular complexity index is 202. The van der Waals surface area contributed by atoms with Crippen molar-refractivity contribution in [1.82, 2.24) is 15.1 Å². The molecule has 3 heteroatoms. The summed E-state index contributed by atoms with van der Waals surface area (Å²) in [6.07, 6.45) is 6.69. The maximum Gasteiger partial charge on any atom is 0.0220 e. The van der Waals surface area contributed by atoms with Crippen molar-refractivity contribution in [1.29, 1.82) is 0 Å². The van der Waals surface area contributed by atoms with Gasteiger partial charge < -0.3 is 10.2 Å². The highest BCUT2D eigenvalue weighted by molar-refractivity contribution is 4.84. The van der Waals surface area contributed by atoms with Gasteiger partial charge in [0.1, 0.15) is 0 Å². The molecule has 0 aromatic carbocycles. The maximum atomic E-state index is 3.70. The molecule has 1 rings (SSSR count). The van der Waals surface area contributed by atoms with Crippen LogP contribution in [0.5, 0.6) is 0 Å². The molecule has 0 amide bonds. The molecule has 1 N–H and O–H groups in total. The van der Waals surface area contributed by atoms with Gasteiger partial charge in [0, 0.05) is 18.6 Å². The van der Waals surface area contributed by atoms with Gasteiger partial charge in [0.25, 0.3) is 0 Å². The Kier molecular flexibility index (Phi) is 7.87. The number of hydrogen-bond acceptors (Lipinski definition) is 3. The van der Waals surface area contributed by atoms with E-state index in [0.717, 1.165) is 12.1 Å². The van der Waals surface area contributed by atoms with E-state index in [1.807, 2.05) is 0 Å². The van der Waals surface area contributed by atoms with Gasteiger partial charge in [-0.05, 0) is 59.4 Å². The van der Waals surface area contributed by atoms with Crippen LogP contribution in [0.3, 0.4) is 0 Å². The molecule has 1 fully saturated rings. The quantitative estimate of drug-likeness (QED) is 0.610. The summed E-state index contributed by atoms with van der Waals surface area (Å²) in [5.41, 5.74) is 0. The molecule has 18 heavy (non-hydrogen) atoms. The molecule has 0 spiro atoms. The summed E-state index contributed by atoms with van der Waals surface area (Å²) in [5.74, 6) is 0. The summed E-state index contributed by atoms with van der Waals surface area (Å²) in [5, 5.41) is 3.70. The van der Waals surface area contributed by atoms with E-state index in [4.69, 9.17) is 0 Å². The zero-order valence-electron chi connectivity index (χ0n) is 12.9. The van der Waals surface area contributed by atoms with Crippen LogP contribution in [0.2, 0.25) is 0 Å². The zero-order valence-corrected chi connectivity index (χ0v) is 12.9. The normalized spacial score (nSPS) is 17.7. The van der Waals surface area contributed by atoms with Crippen LogP contribution in [0.1, 0.15) is 46.0 Å². The number of rotatable bonds is 11. The lowest BCUT2D eigenvalue weighted by Gasteiger charge is -2.31. The van der Waals surface area contributed by atoms with Crippen LogP contribution in [-0.2, 0) is 0 Å². The fraction of sp³-hybridized carbons (Fsp3) is 1.00. The first-order valence-corrected chi connectivity index (χ1v) is 7.79. The monoisotopic (exact) mass is 255 g/mol. The summed E-state index contributed by atoms with van der Waals surface area (Å²) in [6, 6.07) is 1.58. The third-order valence-electron chi connectivity index (χ3n) is 3.81. The summed E-state index contributed by atoms with van der Waals surface area (Å²) >= 11 is 0. The summed E-state index contributed by atoms with van der Waals surface area (Å²) in [4.78, 5) is 4.95. The minimum Gasteiger partial charge on any atom is -0.312 e. The first kappa shape index (κ1) is 15.9. The average Bonchev–Trinajstić information content (AvgIpc) is 3.14. The van der Waals surface area contributed by atoms with Crippen molar-refractivity contribution in [3.8, 4) is 0 Å². The van der Waals surface area contributed by atoms with Gasteiger partial charge in [0.05, 0.1) is 0 Å². The van der Waals surface area contributed by atoms with Crippen LogP contribution in [0.15, 0.2) is 0 Å². The van der Waals surface area contributed by atoms with Crippen LogP contribution in [-0.4, -0.2) is 62.2 Å². The number of hydrogen-bond donors (Lipinski definition) is 1. The number of nitrogens with zero attached hydrogens (tertiary/aromatic N) is 2. The molecule has 0 heterocycles. The Morgan fingerprint density at radius 1 is 1.17 bits per heavy atom. The molecule has 0 aromatic rings. The van der Waals surface area contributed by atoms with Gasteiger partial charge in [-0.1, -0.05) is 20.3 Å². The molecule has 108 valence electrons. The lowest BCUT2D eigenvalue weighted by atomic mass is 10.1. The van der Waals surface area contributed by atoms with E-state index in [1.165, 1.54) is 58.3 Å². The van der Waals surface area contributed by atoms with Gasteiger partial charge >= 0.3 is 0 Å². The molecule has 0 saturated heterocycles. The molecule has 0 aromatic heterocycles. The lowest BCUT2D eigenvalue weighted by molar-refractivity contribution is 0.181. The lowest BCUT2D eigenvalue weighted by Crippen LogP contribution is -2.43. The van der Waals surface area contributed by atoms with Gasteiger partial charge in [-0.25, -0.2) is 0 Å². The molecule has 0 radical (unpaired) electrons. The van der Waals surface area contributed by atoms with E-state index in [-0.39, 0.29) is 0 Å². The zero-order chi connectivity index (χ0) is 13.4. The molecule has 0 bridgehead atoms. The van der Waals surface area contributed by atoms with Crippen molar-refractivity contribution in [3.05, 3.63) is 0 Å². The van der Waals surface area contributed by atoms with Crippen molar-refractivity contribution in [2.24, 2.45) is 0 Å². The Labute approximate surface area is 114 Å². The smallest absolute Gasteiger partial charge is 0.0220 e. The van der Waals surface area contributed by atoms with Gasteiger partial charge in [-0.2, -0.15) is 0 Å². The van der Waals surface area contributed by atoms with Gasteiger partial charge in [0.15, 0.2) is 0 Å². The molecule has 0 aliphatic heterocycles. The van der Waals surface area contributed by atoms with E-state index in [9.17, 15) is 0 Å². The molecule has 1 aliphatic rings. The second-order valence-corrected chi connectivity index (χ2v) is 5.91. The third kappa shape index (κ3) is 6.72. The highest BCUT2D eigenvalue weighted by Crippen LogP contribution is 2.19. The molecule has 1 saturated carbocycles. The van der Waals surface area contributed by atoms with Crippen molar-refractivity contribution >= 4 is 0 Å². The first-order valence-electron chi connectivity index (χ1n) is 7.79. The molecule has 1 unspecified atom stereocenters. The van der Waals surface area contributed by atoms with Crippen molar-refractivity contribution in [3.63, 3.8) is 0 Å². The molecular weight excluding hydrogens is 222 g/mol. The van der Waals surface area contributed by atoms with Crippen molar-refractivity contribution < 1.29 is 0 Å². The standard InChI is InChI=1S/C15H33N3/c1-5-8-15(13-16-14-9-10-14)18(6-2)12-7-11-17(3)4/h14-16H,5-13H2,1-4H3. The van der Waals surface area contributed by atoms with Crippen molar-refractivity contribution in [2.75, 3.05) is 40.3 Å². The summed E-state index contributed by atoms with van der Waals surface area (Å²) < 4.78 is 0. The van der Waals surface area contributed by atoms with Crippen LogP contribution in [0.4, 0.5) is 0 Å². The van der Waals surface area contributed by atoms with Crippen molar-refractivity contribution in [2.45, 2.75) is 58.0 Å². The first-order chi connectivity index (χ1) is 8.67. The van der Waals surface area contributed by atoms with Gasteiger partial charge in [0.2, 0.25) is 0 Å². The predicted octanol–water partition coefficient (Wildman–Crippen LogP) is 2.18. The topological polar surface area (TPSA) is 18.5 Å². The minimum absolute atomic E-state index is 0.739. The van der Waals surface area contributed by atoms with E-state index in [1.54, 1.807) is 0 Å². The third-order valence-corrected chi connectivity index (χ3v) is 3.81. The highest BCUT2D eigenvalue weighted by Gasteiger charge is 2.23. The van der Waals surface area contributed by atoms with Crippen LogP contribution in [0, 0.1) is 0 Å². The Morgan fingerprint density at radius 3 is 2.39 bits per heavy atom. The van der Waals surface area contributed by atoms with Crippen LogP contribution < -0.4 is 5.32 Å². The van der Waals surface area contributed by atoms with E-state index in [2.05, 4.69) is 43.1 Å². The number of nitrogens with one attached hydrogen (secondary N) is 1. The van der Waals surface area contributed by atoms with E-state index < -0.39 is 0 Å². The molecule has 1 atom stereocenters. The molecule has 3 nitrogen and oxygen atoms in total. The van der Waals surface area contributed by atoms with Crippen LogP contribution in [0.25, 0.3) is 0 Å². The Morgan fingerprint density at radius 2 is 1.89 bits per heavy atom. The Balaban J connectivity index is 2.29. The minimum atomic E-state index is 0.739. The molecular formula is C15H33N3. The molecule has 1 aliphatic carbocycles. The average molecular weight is 255 g/mol. The fourth-order valence-corrected chi connectivity index (χ4v) is 2.53. The second kappa shape index (κ2) is 8.89. The summed E-state index contributed by atoms with van der Waals surface area (Å²) in [7, 11) is 4.32. The SMILES string of the molecule is CCCC(CNC1CC1)N(CC)CCCN(C)C. The predicted molar refractivity (Wildman–Crippen MR) is 80.1 cm³/mol. The fourth-order valence-electron chi connectivity index (χ4n) is 2.53.